The van der Waals surface area contributed by atoms with Crippen molar-refractivity contribution in [2.45, 2.75) is 6.92 Å². The molecule has 6 heteroatoms. The SMILES string of the molecule is Cc1ccc(NCC(=O)Nc2cc(Cl)ccc2Cl)c(F)c1. The Kier molecular flexibility index (Phi) is 5.04. The molecule has 2 rings (SSSR count). The summed E-state index contributed by atoms with van der Waals surface area (Å²) in [6.45, 7) is 1.71. The molecule has 0 fully saturated rings. The van der Waals surface area contributed by atoms with Crippen molar-refractivity contribution in [2.75, 3.05) is 17.2 Å². The maximum atomic E-state index is 13.6. The van der Waals surface area contributed by atoms with E-state index in [2.05, 4.69) is 10.6 Å². The van der Waals surface area contributed by atoms with Gasteiger partial charge < -0.3 is 10.6 Å². The molecule has 3 nitrogen and oxygen atoms in total. The number of benzene rings is 2. The average molecular weight is 327 g/mol. The topological polar surface area (TPSA) is 41.1 Å². The van der Waals surface area contributed by atoms with Crippen molar-refractivity contribution in [1.82, 2.24) is 0 Å². The number of aryl methyl sites for hydroxylation is 1. The van der Waals surface area contributed by atoms with Crippen molar-refractivity contribution in [3.05, 3.63) is 57.8 Å². The van der Waals surface area contributed by atoms with E-state index < -0.39 is 5.82 Å². The van der Waals surface area contributed by atoms with Gasteiger partial charge in [0, 0.05) is 5.02 Å². The largest absolute Gasteiger partial charge is 0.374 e. The maximum absolute atomic E-state index is 13.6. The normalized spacial score (nSPS) is 10.3. The second kappa shape index (κ2) is 6.78. The number of carbonyl (C=O) groups excluding carboxylic acids is 1. The number of rotatable bonds is 4. The van der Waals surface area contributed by atoms with E-state index in [4.69, 9.17) is 23.2 Å². The van der Waals surface area contributed by atoms with Gasteiger partial charge in [-0.2, -0.15) is 0 Å². The molecule has 0 bridgehead atoms. The molecule has 0 aliphatic rings. The minimum Gasteiger partial charge on any atom is -0.374 e. The Morgan fingerprint density at radius 3 is 2.62 bits per heavy atom. The summed E-state index contributed by atoms with van der Waals surface area (Å²) in [5.74, 6) is -0.747. The van der Waals surface area contributed by atoms with Gasteiger partial charge >= 0.3 is 0 Å². The lowest BCUT2D eigenvalue weighted by atomic mass is 10.2. The first-order valence-electron chi connectivity index (χ1n) is 6.20. The van der Waals surface area contributed by atoms with Crippen LogP contribution >= 0.6 is 23.2 Å². The van der Waals surface area contributed by atoms with E-state index in [1.54, 1.807) is 37.3 Å². The molecule has 0 atom stereocenters. The lowest BCUT2D eigenvalue weighted by Crippen LogP contribution is -2.22. The first-order chi connectivity index (χ1) is 9.95. The number of anilines is 2. The third-order valence-electron chi connectivity index (χ3n) is 2.77. The average Bonchev–Trinajstić information content (AvgIpc) is 2.42. The summed E-state index contributed by atoms with van der Waals surface area (Å²) in [5, 5.41) is 6.19. The lowest BCUT2D eigenvalue weighted by molar-refractivity contribution is -0.114. The summed E-state index contributed by atoms with van der Waals surface area (Å²) in [6, 6.07) is 9.51. The van der Waals surface area contributed by atoms with Gasteiger partial charge in [0.2, 0.25) is 5.91 Å². The zero-order chi connectivity index (χ0) is 15.4. The van der Waals surface area contributed by atoms with Gasteiger partial charge in [0.25, 0.3) is 0 Å². The smallest absolute Gasteiger partial charge is 0.243 e. The molecule has 0 aliphatic carbocycles. The third-order valence-corrected chi connectivity index (χ3v) is 3.33. The molecule has 110 valence electrons. The zero-order valence-electron chi connectivity index (χ0n) is 11.2. The van der Waals surface area contributed by atoms with Crippen molar-refractivity contribution >= 4 is 40.5 Å². The molecule has 0 radical (unpaired) electrons. The fourth-order valence-corrected chi connectivity index (χ4v) is 2.06. The summed E-state index contributed by atoms with van der Waals surface area (Å²) < 4.78 is 13.6. The summed E-state index contributed by atoms with van der Waals surface area (Å²) in [7, 11) is 0. The van der Waals surface area contributed by atoms with Gasteiger partial charge in [-0.15, -0.1) is 0 Å². The van der Waals surface area contributed by atoms with E-state index >= 15 is 0 Å². The highest BCUT2D eigenvalue weighted by Crippen LogP contribution is 2.25. The Morgan fingerprint density at radius 1 is 1.14 bits per heavy atom. The van der Waals surface area contributed by atoms with Gasteiger partial charge in [0.15, 0.2) is 0 Å². The van der Waals surface area contributed by atoms with Gasteiger partial charge in [0.1, 0.15) is 5.82 Å². The maximum Gasteiger partial charge on any atom is 0.243 e. The molecule has 0 heterocycles. The van der Waals surface area contributed by atoms with Gasteiger partial charge in [0.05, 0.1) is 22.9 Å². The van der Waals surface area contributed by atoms with Crippen LogP contribution < -0.4 is 10.6 Å². The predicted octanol–water partition coefficient (Wildman–Crippen LogP) is 4.49. The van der Waals surface area contributed by atoms with Crippen molar-refractivity contribution in [2.24, 2.45) is 0 Å². The van der Waals surface area contributed by atoms with Crippen molar-refractivity contribution in [3.63, 3.8) is 0 Å². The van der Waals surface area contributed by atoms with E-state index in [9.17, 15) is 9.18 Å². The highest BCUT2D eigenvalue weighted by Gasteiger charge is 2.08. The summed E-state index contributed by atoms with van der Waals surface area (Å²) >= 11 is 11.8. The number of hydrogen-bond acceptors (Lipinski definition) is 2. The minimum atomic E-state index is -0.399. The lowest BCUT2D eigenvalue weighted by Gasteiger charge is -2.10. The van der Waals surface area contributed by atoms with Gasteiger partial charge in [-0.25, -0.2) is 4.39 Å². The molecule has 2 aromatic rings. The molecule has 0 aromatic heterocycles. The Hall–Kier alpha value is -1.78. The van der Waals surface area contributed by atoms with Crippen LogP contribution in [0.5, 0.6) is 0 Å². The van der Waals surface area contributed by atoms with E-state index in [1.807, 2.05) is 0 Å². The first kappa shape index (κ1) is 15.6. The fourth-order valence-electron chi connectivity index (χ4n) is 1.73. The molecular formula is C15H13Cl2FN2O. The number of hydrogen-bond donors (Lipinski definition) is 2. The highest BCUT2D eigenvalue weighted by molar-refractivity contribution is 6.35. The number of nitrogens with one attached hydrogen (secondary N) is 2. The summed E-state index contributed by atoms with van der Waals surface area (Å²) in [6.07, 6.45) is 0. The second-order valence-corrected chi connectivity index (χ2v) is 5.35. The van der Waals surface area contributed by atoms with E-state index in [0.29, 0.717) is 15.7 Å². The van der Waals surface area contributed by atoms with Crippen molar-refractivity contribution in [3.8, 4) is 0 Å². The van der Waals surface area contributed by atoms with Crippen molar-refractivity contribution < 1.29 is 9.18 Å². The summed E-state index contributed by atoms with van der Waals surface area (Å²) in [5.41, 5.74) is 1.50. The van der Waals surface area contributed by atoms with E-state index in [0.717, 1.165) is 5.56 Å². The number of halogens is 3. The van der Waals surface area contributed by atoms with Crippen molar-refractivity contribution in [1.29, 1.82) is 0 Å². The quantitative estimate of drug-likeness (QED) is 0.869. The van der Waals surface area contributed by atoms with Crippen LogP contribution in [-0.4, -0.2) is 12.5 Å². The van der Waals surface area contributed by atoms with Gasteiger partial charge in [-0.05, 0) is 42.8 Å². The monoisotopic (exact) mass is 326 g/mol. The predicted molar refractivity (Wildman–Crippen MR) is 84.7 cm³/mol. The summed E-state index contributed by atoms with van der Waals surface area (Å²) in [4.78, 5) is 11.8. The van der Waals surface area contributed by atoms with Gasteiger partial charge in [-0.3, -0.25) is 4.79 Å². The Balaban J connectivity index is 1.97. The molecular weight excluding hydrogens is 314 g/mol. The number of carbonyl (C=O) groups is 1. The molecule has 0 saturated carbocycles. The van der Waals surface area contributed by atoms with E-state index in [-0.39, 0.29) is 18.1 Å². The zero-order valence-corrected chi connectivity index (χ0v) is 12.7. The second-order valence-electron chi connectivity index (χ2n) is 4.51. The van der Waals surface area contributed by atoms with Crippen LogP contribution in [0.15, 0.2) is 36.4 Å². The van der Waals surface area contributed by atoms with Crippen LogP contribution in [0.4, 0.5) is 15.8 Å². The van der Waals surface area contributed by atoms with Crippen LogP contribution in [0, 0.1) is 12.7 Å². The Labute approximate surface area is 132 Å². The molecule has 0 unspecified atom stereocenters. The molecule has 21 heavy (non-hydrogen) atoms. The molecule has 2 aromatic carbocycles. The molecule has 0 spiro atoms. The minimum absolute atomic E-state index is 0.0805. The molecule has 0 saturated heterocycles. The molecule has 2 N–H and O–H groups in total. The first-order valence-corrected chi connectivity index (χ1v) is 6.96. The van der Waals surface area contributed by atoms with Crippen LogP contribution in [0.1, 0.15) is 5.56 Å². The van der Waals surface area contributed by atoms with Gasteiger partial charge in [-0.1, -0.05) is 29.3 Å². The highest BCUT2D eigenvalue weighted by atomic mass is 35.5. The van der Waals surface area contributed by atoms with Crippen LogP contribution in [0.25, 0.3) is 0 Å². The molecule has 1 amide bonds. The third kappa shape index (κ3) is 4.34. The van der Waals surface area contributed by atoms with E-state index in [1.165, 1.54) is 6.07 Å². The Morgan fingerprint density at radius 2 is 1.90 bits per heavy atom. The fraction of sp³-hybridized carbons (Fsp3) is 0.133. The Bertz CT molecular complexity index is 677. The standard InChI is InChI=1S/C15H13Cl2FN2O/c1-9-2-5-13(12(18)6-9)19-8-15(21)20-14-7-10(16)3-4-11(14)17/h2-7,19H,8H2,1H3,(H,20,21). The number of amides is 1. The van der Waals surface area contributed by atoms with Crippen LogP contribution in [0.2, 0.25) is 10.0 Å². The van der Waals surface area contributed by atoms with Crippen LogP contribution in [-0.2, 0) is 4.79 Å². The van der Waals surface area contributed by atoms with Crippen LogP contribution in [0.3, 0.4) is 0 Å². The molecule has 0 aliphatic heterocycles.